The van der Waals surface area contributed by atoms with E-state index in [-0.39, 0.29) is 0 Å². The maximum atomic E-state index is 4.63. The summed E-state index contributed by atoms with van der Waals surface area (Å²) in [7, 11) is 2.25. The fraction of sp³-hybridized carbons (Fsp3) is 0.346. The number of H-pyrrole nitrogens is 1. The summed E-state index contributed by atoms with van der Waals surface area (Å²) in [5, 5.41) is 4.55. The minimum absolute atomic E-state index is 0.516. The van der Waals surface area contributed by atoms with Gasteiger partial charge in [-0.25, -0.2) is 9.97 Å². The van der Waals surface area contributed by atoms with Gasteiger partial charge in [0, 0.05) is 54.3 Å². The fourth-order valence-corrected chi connectivity index (χ4v) is 5.46. The number of likely N-dealkylation sites (tertiary alicyclic amines) is 2. The van der Waals surface area contributed by atoms with Crippen molar-refractivity contribution in [2.24, 2.45) is 5.41 Å². The molecule has 3 aromatic heterocycles. The maximum Gasteiger partial charge on any atom is 0.227 e. The lowest BCUT2D eigenvalue weighted by atomic mass is 9.86. The summed E-state index contributed by atoms with van der Waals surface area (Å²) < 4.78 is 0. The Kier molecular flexibility index (Phi) is 5.08. The number of aromatic amines is 1. The average Bonchev–Trinajstić information content (AvgIpc) is 3.52. The number of pyridine rings is 1. The molecule has 0 radical (unpaired) electrons. The number of hydrogen-bond acceptors (Lipinski definition) is 6. The Morgan fingerprint density at radius 1 is 0.970 bits per heavy atom. The molecule has 1 aromatic carbocycles. The van der Waals surface area contributed by atoms with Crippen LogP contribution >= 0.6 is 0 Å². The molecule has 0 bridgehead atoms. The number of anilines is 2. The van der Waals surface area contributed by atoms with Crippen LogP contribution in [0.25, 0.3) is 22.3 Å². The summed E-state index contributed by atoms with van der Waals surface area (Å²) in [6, 6.07) is 16.3. The smallest absolute Gasteiger partial charge is 0.227 e. The minimum Gasteiger partial charge on any atom is -0.357 e. The molecular formula is C26H29N7. The third kappa shape index (κ3) is 4.21. The van der Waals surface area contributed by atoms with Crippen molar-refractivity contribution in [3.63, 3.8) is 0 Å². The van der Waals surface area contributed by atoms with E-state index in [1.54, 1.807) is 12.4 Å². The van der Waals surface area contributed by atoms with Crippen molar-refractivity contribution in [1.29, 1.82) is 0 Å². The molecule has 4 aromatic rings. The monoisotopic (exact) mass is 439 g/mol. The Balaban J connectivity index is 1.16. The van der Waals surface area contributed by atoms with E-state index in [0.29, 0.717) is 11.4 Å². The van der Waals surface area contributed by atoms with Gasteiger partial charge >= 0.3 is 0 Å². The Morgan fingerprint density at radius 3 is 2.76 bits per heavy atom. The zero-order valence-corrected chi connectivity index (χ0v) is 19.0. The first-order valence-electron chi connectivity index (χ1n) is 11.7. The predicted octanol–water partition coefficient (Wildman–Crippen LogP) is 4.29. The summed E-state index contributed by atoms with van der Waals surface area (Å²) >= 11 is 0. The molecule has 6 rings (SSSR count). The van der Waals surface area contributed by atoms with Crippen LogP contribution in [0.15, 0.2) is 60.9 Å². The first kappa shape index (κ1) is 20.3. The van der Waals surface area contributed by atoms with E-state index in [4.69, 9.17) is 0 Å². The summed E-state index contributed by atoms with van der Waals surface area (Å²) in [6.07, 6.45) is 6.20. The first-order valence-corrected chi connectivity index (χ1v) is 11.7. The van der Waals surface area contributed by atoms with Gasteiger partial charge in [-0.1, -0.05) is 6.07 Å². The zero-order valence-electron chi connectivity index (χ0n) is 19.0. The summed E-state index contributed by atoms with van der Waals surface area (Å²) in [5.41, 5.74) is 5.56. The highest BCUT2D eigenvalue weighted by molar-refractivity contribution is 5.84. The normalized spacial score (nSPS) is 21.4. The van der Waals surface area contributed by atoms with E-state index < -0.39 is 0 Å². The van der Waals surface area contributed by atoms with Gasteiger partial charge in [0.15, 0.2) is 0 Å². The molecule has 33 heavy (non-hydrogen) atoms. The average molecular weight is 440 g/mol. The van der Waals surface area contributed by atoms with E-state index in [1.165, 1.54) is 50.1 Å². The van der Waals surface area contributed by atoms with Crippen molar-refractivity contribution in [3.05, 3.63) is 66.6 Å². The Hall–Kier alpha value is -3.29. The molecule has 1 atom stereocenters. The van der Waals surface area contributed by atoms with E-state index in [2.05, 4.69) is 66.4 Å². The van der Waals surface area contributed by atoms with E-state index in [1.807, 2.05) is 24.3 Å². The van der Waals surface area contributed by atoms with Crippen LogP contribution in [0.4, 0.5) is 11.6 Å². The Morgan fingerprint density at radius 2 is 1.91 bits per heavy atom. The highest BCUT2D eigenvalue weighted by atomic mass is 15.2. The molecule has 2 saturated heterocycles. The van der Waals surface area contributed by atoms with Crippen LogP contribution < -0.4 is 5.32 Å². The Bertz CT molecular complexity index is 1270. The number of fused-ring (bicyclic) bond motifs is 1. The molecule has 2 fully saturated rings. The van der Waals surface area contributed by atoms with Gasteiger partial charge in [-0.15, -0.1) is 0 Å². The van der Waals surface area contributed by atoms with Crippen LogP contribution in [0.1, 0.15) is 18.5 Å². The number of hydrogen-bond donors (Lipinski definition) is 2. The molecule has 7 heteroatoms. The van der Waals surface area contributed by atoms with E-state index >= 15 is 0 Å². The second kappa shape index (κ2) is 8.24. The summed E-state index contributed by atoms with van der Waals surface area (Å²) in [5.74, 6) is 0.567. The molecule has 168 valence electrons. The lowest BCUT2D eigenvalue weighted by Crippen LogP contribution is -2.29. The van der Waals surface area contributed by atoms with E-state index in [9.17, 15) is 0 Å². The van der Waals surface area contributed by atoms with Crippen molar-refractivity contribution in [1.82, 2.24) is 29.7 Å². The molecule has 2 aliphatic heterocycles. The SMILES string of the molecule is CN1CCC2(CCN(Cc3cc4cc(Nc5nccc(-c6ccccn6)n5)ccc4[nH]3)C2)C1. The quantitative estimate of drug-likeness (QED) is 0.483. The molecule has 0 aliphatic carbocycles. The largest absolute Gasteiger partial charge is 0.357 e. The van der Waals surface area contributed by atoms with Crippen molar-refractivity contribution in [2.75, 3.05) is 38.5 Å². The number of aromatic nitrogens is 4. The second-order valence-electron chi connectivity index (χ2n) is 9.65. The van der Waals surface area contributed by atoms with Gasteiger partial charge in [-0.3, -0.25) is 9.88 Å². The van der Waals surface area contributed by atoms with Crippen molar-refractivity contribution < 1.29 is 0 Å². The minimum atomic E-state index is 0.516. The fourth-order valence-electron chi connectivity index (χ4n) is 5.46. The molecule has 5 heterocycles. The number of nitrogens with one attached hydrogen (secondary N) is 2. The van der Waals surface area contributed by atoms with Gasteiger partial charge in [-0.2, -0.15) is 0 Å². The third-order valence-corrected chi connectivity index (χ3v) is 7.06. The highest BCUT2D eigenvalue weighted by Gasteiger charge is 2.42. The van der Waals surface area contributed by atoms with Crippen LogP contribution in [0.3, 0.4) is 0 Å². The van der Waals surface area contributed by atoms with Gasteiger partial charge < -0.3 is 15.2 Å². The number of benzene rings is 1. The molecule has 1 unspecified atom stereocenters. The van der Waals surface area contributed by atoms with Gasteiger partial charge in [0.2, 0.25) is 5.95 Å². The standard InChI is InChI=1S/C26H29N7/c1-32-12-8-26(17-32)9-13-33(18-26)16-21-15-19-14-20(5-6-22(19)29-21)30-25-28-11-7-24(31-25)23-4-2-3-10-27-23/h2-7,10-11,14-15,29H,8-9,12-13,16-18H2,1H3,(H,28,30,31). The van der Waals surface area contributed by atoms with Crippen LogP contribution in [0.2, 0.25) is 0 Å². The maximum absolute atomic E-state index is 4.63. The van der Waals surface area contributed by atoms with Crippen LogP contribution in [-0.4, -0.2) is 63.0 Å². The molecule has 0 saturated carbocycles. The number of nitrogens with zero attached hydrogens (tertiary/aromatic N) is 5. The van der Waals surface area contributed by atoms with Crippen LogP contribution in [0, 0.1) is 5.41 Å². The molecular weight excluding hydrogens is 410 g/mol. The summed E-state index contributed by atoms with van der Waals surface area (Å²) in [4.78, 5) is 22.1. The molecule has 1 spiro atoms. The highest BCUT2D eigenvalue weighted by Crippen LogP contribution is 2.39. The van der Waals surface area contributed by atoms with Gasteiger partial charge in [0.25, 0.3) is 0 Å². The molecule has 2 N–H and O–H groups in total. The van der Waals surface area contributed by atoms with Gasteiger partial charge in [0.1, 0.15) is 0 Å². The topological polar surface area (TPSA) is 73.0 Å². The van der Waals surface area contributed by atoms with Gasteiger partial charge in [-0.05, 0) is 80.9 Å². The van der Waals surface area contributed by atoms with E-state index in [0.717, 1.165) is 29.1 Å². The predicted molar refractivity (Wildman–Crippen MR) is 131 cm³/mol. The lowest BCUT2D eigenvalue weighted by molar-refractivity contribution is 0.249. The summed E-state index contributed by atoms with van der Waals surface area (Å²) in [6.45, 7) is 5.88. The second-order valence-corrected chi connectivity index (χ2v) is 9.65. The Labute approximate surface area is 193 Å². The number of rotatable bonds is 5. The van der Waals surface area contributed by atoms with Crippen molar-refractivity contribution >= 4 is 22.5 Å². The van der Waals surface area contributed by atoms with Crippen LogP contribution in [-0.2, 0) is 6.54 Å². The molecule has 2 aliphatic rings. The molecule has 0 amide bonds. The van der Waals surface area contributed by atoms with Gasteiger partial charge in [0.05, 0.1) is 11.4 Å². The lowest BCUT2D eigenvalue weighted by Gasteiger charge is -2.23. The van der Waals surface area contributed by atoms with Crippen molar-refractivity contribution in [2.45, 2.75) is 19.4 Å². The zero-order chi connectivity index (χ0) is 22.3. The van der Waals surface area contributed by atoms with Crippen molar-refractivity contribution in [3.8, 4) is 11.4 Å². The molecule has 7 nitrogen and oxygen atoms in total. The first-order chi connectivity index (χ1) is 16.1. The van der Waals surface area contributed by atoms with Crippen LogP contribution in [0.5, 0.6) is 0 Å². The third-order valence-electron chi connectivity index (χ3n) is 7.06.